The van der Waals surface area contributed by atoms with E-state index in [1.54, 1.807) is 33.9 Å². The number of esters is 5. The van der Waals surface area contributed by atoms with Crippen LogP contribution in [0.25, 0.3) is 10.9 Å². The van der Waals surface area contributed by atoms with Crippen molar-refractivity contribution in [2.75, 3.05) is 6.61 Å². The molecule has 0 unspecified atom stereocenters. The van der Waals surface area contributed by atoms with E-state index in [2.05, 4.69) is 4.98 Å². The van der Waals surface area contributed by atoms with Gasteiger partial charge in [0.2, 0.25) is 5.60 Å². The maximum Gasteiger partial charge on any atom is 0.313 e. The van der Waals surface area contributed by atoms with E-state index in [9.17, 15) is 24.0 Å². The quantitative estimate of drug-likeness (QED) is 0.294. The van der Waals surface area contributed by atoms with Crippen LogP contribution in [0.15, 0.2) is 30.5 Å². The van der Waals surface area contributed by atoms with E-state index in [-0.39, 0.29) is 38.5 Å². The van der Waals surface area contributed by atoms with Gasteiger partial charge in [-0.1, -0.05) is 45.9 Å². The molecule has 0 bridgehead atoms. The van der Waals surface area contributed by atoms with Gasteiger partial charge < -0.3 is 33.4 Å². The summed E-state index contributed by atoms with van der Waals surface area (Å²) < 4.78 is 34.5. The average Bonchev–Trinajstić information content (AvgIpc) is 3.41. The summed E-state index contributed by atoms with van der Waals surface area (Å²) in [5, 5.41) is 0.830. The molecule has 222 valence electrons. The Hall–Kier alpha value is -3.93. The first kappa shape index (κ1) is 30.0. The van der Waals surface area contributed by atoms with Gasteiger partial charge in [-0.2, -0.15) is 0 Å². The number of fused-ring (bicyclic) bond motifs is 2. The molecule has 1 aromatic heterocycles. The standard InChI is InChI=1S/C29H35NO11/c1-5-21(31)36-15-20-26(37-22(32)6-2)27(38-23(33)7-3)28(40-24(34)8-4)16-29(28,39-20)41-25(35)13-17-14-30-19-12-10-9-11-18(17)19/h9-12,14,20,26-27,30H,5-8,13,15-16H2,1-4H3/t20-,26-,27+,28+,29+/m1/s1. The number of carbonyl (C=O) groups is 5. The third-order valence-electron chi connectivity index (χ3n) is 7.15. The predicted molar refractivity (Wildman–Crippen MR) is 141 cm³/mol. The van der Waals surface area contributed by atoms with Crippen LogP contribution in [0.3, 0.4) is 0 Å². The van der Waals surface area contributed by atoms with E-state index >= 15 is 0 Å². The molecule has 2 fully saturated rings. The molecule has 1 aliphatic carbocycles. The highest BCUT2D eigenvalue weighted by Crippen LogP contribution is 2.62. The van der Waals surface area contributed by atoms with Crippen LogP contribution < -0.4 is 0 Å². The molecule has 12 heteroatoms. The molecule has 2 aromatic rings. The summed E-state index contributed by atoms with van der Waals surface area (Å²) in [7, 11) is 0. The van der Waals surface area contributed by atoms with Crippen LogP contribution >= 0.6 is 0 Å². The first-order valence-electron chi connectivity index (χ1n) is 13.8. The predicted octanol–water partition coefficient (Wildman–Crippen LogP) is 3.04. The zero-order chi connectivity index (χ0) is 29.8. The van der Waals surface area contributed by atoms with Crippen molar-refractivity contribution in [1.82, 2.24) is 4.98 Å². The minimum Gasteiger partial charge on any atom is -0.463 e. The zero-order valence-electron chi connectivity index (χ0n) is 23.6. The molecule has 0 radical (unpaired) electrons. The Morgan fingerprint density at radius 3 is 2.20 bits per heavy atom. The molecule has 0 amide bonds. The fourth-order valence-corrected chi connectivity index (χ4v) is 4.95. The Balaban J connectivity index is 1.70. The smallest absolute Gasteiger partial charge is 0.313 e. The second kappa shape index (κ2) is 12.3. The number of ether oxygens (including phenoxy) is 6. The van der Waals surface area contributed by atoms with Crippen molar-refractivity contribution in [3.05, 3.63) is 36.0 Å². The number of aromatic amines is 1. The van der Waals surface area contributed by atoms with Crippen LogP contribution in [0.4, 0.5) is 0 Å². The number of rotatable bonds is 12. The molecule has 1 saturated carbocycles. The molecule has 2 heterocycles. The lowest BCUT2D eigenvalue weighted by atomic mass is 9.96. The topological polar surface area (TPSA) is 157 Å². The van der Waals surface area contributed by atoms with Crippen LogP contribution in [0.1, 0.15) is 65.4 Å². The average molecular weight is 574 g/mol. The number of hydrogen-bond acceptors (Lipinski definition) is 11. The van der Waals surface area contributed by atoms with Crippen LogP contribution in [0.5, 0.6) is 0 Å². The van der Waals surface area contributed by atoms with Crippen molar-refractivity contribution in [1.29, 1.82) is 0 Å². The molecule has 1 aromatic carbocycles. The van der Waals surface area contributed by atoms with Gasteiger partial charge in [0.15, 0.2) is 12.2 Å². The number of carbonyl (C=O) groups excluding carboxylic acids is 5. The van der Waals surface area contributed by atoms with Crippen LogP contribution in [-0.2, 0) is 58.8 Å². The summed E-state index contributed by atoms with van der Waals surface area (Å²) in [5.41, 5.74) is -0.276. The number of hydrogen-bond donors (Lipinski definition) is 1. The van der Waals surface area contributed by atoms with Crippen molar-refractivity contribution >= 4 is 40.7 Å². The maximum absolute atomic E-state index is 13.3. The normalized spacial score (nSPS) is 26.4. The molecule has 41 heavy (non-hydrogen) atoms. The van der Waals surface area contributed by atoms with Crippen LogP contribution in [0.2, 0.25) is 0 Å². The van der Waals surface area contributed by atoms with Crippen LogP contribution in [0, 0.1) is 0 Å². The molecule has 5 atom stereocenters. The molecule has 12 nitrogen and oxygen atoms in total. The molecular formula is C29H35NO11. The second-order valence-corrected chi connectivity index (χ2v) is 9.92. The maximum atomic E-state index is 13.3. The molecule has 1 N–H and O–H groups in total. The number of nitrogens with one attached hydrogen (secondary N) is 1. The Morgan fingerprint density at radius 1 is 0.854 bits per heavy atom. The lowest BCUT2D eigenvalue weighted by Gasteiger charge is -2.43. The summed E-state index contributed by atoms with van der Waals surface area (Å²) in [6.45, 7) is 5.93. The highest BCUT2D eigenvalue weighted by Gasteiger charge is 2.86. The monoisotopic (exact) mass is 573 g/mol. The third kappa shape index (κ3) is 6.07. The summed E-state index contributed by atoms with van der Waals surface area (Å²) >= 11 is 0. The summed E-state index contributed by atoms with van der Waals surface area (Å²) in [6.07, 6.45) is -2.58. The minimum atomic E-state index is -1.88. The van der Waals surface area contributed by atoms with Gasteiger partial charge in [-0.05, 0) is 11.6 Å². The van der Waals surface area contributed by atoms with Crippen molar-refractivity contribution < 1.29 is 52.4 Å². The van der Waals surface area contributed by atoms with E-state index in [0.29, 0.717) is 5.56 Å². The first-order chi connectivity index (χ1) is 19.6. The number of benzene rings is 1. The summed E-state index contributed by atoms with van der Waals surface area (Å²) in [4.78, 5) is 66.1. The van der Waals surface area contributed by atoms with Gasteiger partial charge in [0.1, 0.15) is 12.7 Å². The fourth-order valence-electron chi connectivity index (χ4n) is 4.95. The second-order valence-electron chi connectivity index (χ2n) is 9.92. The summed E-state index contributed by atoms with van der Waals surface area (Å²) in [5.74, 6) is -5.11. The van der Waals surface area contributed by atoms with Crippen molar-refractivity contribution in [3.8, 4) is 0 Å². The van der Waals surface area contributed by atoms with E-state index in [4.69, 9.17) is 28.4 Å². The number of aromatic nitrogens is 1. The van der Waals surface area contributed by atoms with Gasteiger partial charge in [-0.15, -0.1) is 0 Å². The SMILES string of the molecule is CCC(=O)OC[C@H]1O[C@]2(OC(=O)Cc3c[nH]c4ccccc34)C[C@]2(OC(=O)CC)[C@@H](OC(=O)CC)[C@@H]1OC(=O)CC. The van der Waals surface area contributed by atoms with Crippen molar-refractivity contribution in [3.63, 3.8) is 0 Å². The molecule has 4 rings (SSSR count). The molecule has 0 spiro atoms. The largest absolute Gasteiger partial charge is 0.463 e. The van der Waals surface area contributed by atoms with E-state index in [1.807, 2.05) is 24.3 Å². The molecule has 2 aliphatic rings. The molecule has 1 saturated heterocycles. The summed E-state index contributed by atoms with van der Waals surface area (Å²) in [6, 6.07) is 7.44. The Bertz CT molecular complexity index is 1320. The molecular weight excluding hydrogens is 538 g/mol. The van der Waals surface area contributed by atoms with Gasteiger partial charge in [0, 0.05) is 42.8 Å². The first-order valence-corrected chi connectivity index (χ1v) is 13.8. The minimum absolute atomic E-state index is 0.0150. The van der Waals surface area contributed by atoms with Crippen molar-refractivity contribution in [2.45, 2.75) is 95.9 Å². The Morgan fingerprint density at radius 2 is 1.51 bits per heavy atom. The third-order valence-corrected chi connectivity index (χ3v) is 7.15. The number of para-hydroxylation sites is 1. The van der Waals surface area contributed by atoms with Crippen LogP contribution in [-0.4, -0.2) is 71.1 Å². The van der Waals surface area contributed by atoms with Gasteiger partial charge in [-0.3, -0.25) is 24.0 Å². The lowest BCUT2D eigenvalue weighted by molar-refractivity contribution is -0.303. The molecule has 1 aliphatic heterocycles. The highest BCUT2D eigenvalue weighted by atomic mass is 16.8. The van der Waals surface area contributed by atoms with E-state index in [1.165, 1.54) is 0 Å². The van der Waals surface area contributed by atoms with Crippen molar-refractivity contribution in [2.24, 2.45) is 0 Å². The fraction of sp³-hybridized carbons (Fsp3) is 0.552. The van der Waals surface area contributed by atoms with Gasteiger partial charge in [0.25, 0.3) is 5.79 Å². The zero-order valence-corrected chi connectivity index (χ0v) is 23.6. The highest BCUT2D eigenvalue weighted by molar-refractivity contribution is 5.87. The lowest BCUT2D eigenvalue weighted by Crippen LogP contribution is -2.63. The van der Waals surface area contributed by atoms with Gasteiger partial charge in [0.05, 0.1) is 12.8 Å². The number of H-pyrrole nitrogens is 1. The van der Waals surface area contributed by atoms with Gasteiger partial charge in [-0.25, -0.2) is 0 Å². The van der Waals surface area contributed by atoms with Gasteiger partial charge >= 0.3 is 29.8 Å². The van der Waals surface area contributed by atoms with E-state index in [0.717, 1.165) is 10.9 Å². The Labute approximate surface area is 236 Å². The Kier molecular flexibility index (Phi) is 9.01. The van der Waals surface area contributed by atoms with E-state index < -0.39 is 66.2 Å².